The van der Waals surface area contributed by atoms with E-state index in [1.165, 1.54) is 0 Å². The predicted octanol–water partition coefficient (Wildman–Crippen LogP) is 4.20. The first kappa shape index (κ1) is 14.9. The minimum Gasteiger partial charge on any atom is -0.382 e. The molecule has 2 nitrogen and oxygen atoms in total. The van der Waals surface area contributed by atoms with E-state index >= 15 is 0 Å². The summed E-state index contributed by atoms with van der Waals surface area (Å²) < 4.78 is 0.259. The van der Waals surface area contributed by atoms with Crippen molar-refractivity contribution < 1.29 is 0 Å². The molecule has 0 bridgehead atoms. The van der Waals surface area contributed by atoms with Gasteiger partial charge in [0.25, 0.3) is 0 Å². The monoisotopic (exact) mass is 262 g/mol. The molecule has 0 saturated heterocycles. The van der Waals surface area contributed by atoms with Crippen LogP contribution < -0.4 is 5.32 Å². The number of benzene rings is 1. The van der Waals surface area contributed by atoms with Crippen LogP contribution >= 0.6 is 11.8 Å². The Balaban J connectivity index is 2.89. The summed E-state index contributed by atoms with van der Waals surface area (Å²) in [5, 5.41) is 12.6. The Labute approximate surface area is 115 Å². The third-order valence-corrected chi connectivity index (χ3v) is 5.29. The van der Waals surface area contributed by atoms with Crippen LogP contribution in [-0.4, -0.2) is 17.5 Å². The number of para-hydroxylation sites is 1. The van der Waals surface area contributed by atoms with Crippen molar-refractivity contribution in [2.24, 2.45) is 0 Å². The summed E-state index contributed by atoms with van der Waals surface area (Å²) in [6.07, 6.45) is 4.43. The maximum Gasteiger partial charge on any atom is 0.101 e. The maximum absolute atomic E-state index is 9.15. The van der Waals surface area contributed by atoms with E-state index in [2.05, 4.69) is 31.5 Å². The third-order valence-electron chi connectivity index (χ3n) is 3.70. The molecule has 1 N–H and O–H groups in total. The minimum atomic E-state index is 0.259. The van der Waals surface area contributed by atoms with Crippen LogP contribution in [0.25, 0.3) is 0 Å². The molecule has 0 aliphatic carbocycles. The van der Waals surface area contributed by atoms with Gasteiger partial charge in [0.05, 0.1) is 11.3 Å². The van der Waals surface area contributed by atoms with Crippen molar-refractivity contribution in [2.75, 3.05) is 18.1 Å². The highest BCUT2D eigenvalue weighted by molar-refractivity contribution is 8.00. The topological polar surface area (TPSA) is 35.8 Å². The summed E-state index contributed by atoms with van der Waals surface area (Å²) in [5.74, 6) is 0. The molecule has 0 aliphatic rings. The standard InChI is InChI=1S/C15H22N2S/c1-5-15(6-2,18-4)11-17-14-12(3)8-7-9-13(14)10-16/h7-9,17H,5-6,11H2,1-4H3. The Hall–Kier alpha value is -1.14. The van der Waals surface area contributed by atoms with E-state index in [4.69, 9.17) is 5.26 Å². The third kappa shape index (κ3) is 3.20. The second-order valence-electron chi connectivity index (χ2n) is 4.56. The van der Waals surface area contributed by atoms with Gasteiger partial charge in [-0.15, -0.1) is 0 Å². The molecule has 0 aromatic heterocycles. The van der Waals surface area contributed by atoms with Gasteiger partial charge in [0.1, 0.15) is 6.07 Å². The molecule has 0 spiro atoms. The molecule has 0 aliphatic heterocycles. The number of nitriles is 1. The zero-order chi connectivity index (χ0) is 13.6. The Bertz CT molecular complexity index is 422. The van der Waals surface area contributed by atoms with Crippen LogP contribution in [0, 0.1) is 18.3 Å². The van der Waals surface area contributed by atoms with Crippen LogP contribution in [-0.2, 0) is 0 Å². The molecule has 0 saturated carbocycles. The van der Waals surface area contributed by atoms with Gasteiger partial charge >= 0.3 is 0 Å². The van der Waals surface area contributed by atoms with Gasteiger partial charge in [-0.3, -0.25) is 0 Å². The molecule has 0 radical (unpaired) electrons. The Morgan fingerprint density at radius 3 is 2.50 bits per heavy atom. The summed E-state index contributed by atoms with van der Waals surface area (Å²) in [6.45, 7) is 7.40. The van der Waals surface area contributed by atoms with E-state index in [1.807, 2.05) is 36.9 Å². The minimum absolute atomic E-state index is 0.259. The van der Waals surface area contributed by atoms with Crippen LogP contribution in [0.4, 0.5) is 5.69 Å². The van der Waals surface area contributed by atoms with Crippen molar-refractivity contribution in [2.45, 2.75) is 38.4 Å². The molecule has 0 unspecified atom stereocenters. The number of aryl methyl sites for hydroxylation is 1. The summed E-state index contributed by atoms with van der Waals surface area (Å²) in [5.41, 5.74) is 2.86. The lowest BCUT2D eigenvalue weighted by molar-refractivity contribution is 0.574. The lowest BCUT2D eigenvalue weighted by Crippen LogP contribution is -2.32. The molecule has 0 atom stereocenters. The van der Waals surface area contributed by atoms with Crippen LogP contribution in [0.1, 0.15) is 37.8 Å². The van der Waals surface area contributed by atoms with Crippen molar-refractivity contribution in [3.8, 4) is 6.07 Å². The van der Waals surface area contributed by atoms with Crippen molar-refractivity contribution in [1.82, 2.24) is 0 Å². The zero-order valence-corrected chi connectivity index (χ0v) is 12.5. The average Bonchev–Trinajstić information content (AvgIpc) is 2.42. The molecule has 0 amide bonds. The zero-order valence-electron chi connectivity index (χ0n) is 11.7. The quantitative estimate of drug-likeness (QED) is 0.834. The van der Waals surface area contributed by atoms with Gasteiger partial charge in [-0.25, -0.2) is 0 Å². The van der Waals surface area contributed by atoms with Crippen LogP contribution in [0.3, 0.4) is 0 Å². The highest BCUT2D eigenvalue weighted by Crippen LogP contribution is 2.31. The Morgan fingerprint density at radius 2 is 2.00 bits per heavy atom. The molecule has 1 aromatic carbocycles. The largest absolute Gasteiger partial charge is 0.382 e. The fraction of sp³-hybridized carbons (Fsp3) is 0.533. The van der Waals surface area contributed by atoms with Gasteiger partial charge in [-0.05, 0) is 37.7 Å². The second kappa shape index (κ2) is 6.70. The van der Waals surface area contributed by atoms with Crippen molar-refractivity contribution >= 4 is 17.4 Å². The Morgan fingerprint density at radius 1 is 1.33 bits per heavy atom. The number of thioether (sulfide) groups is 1. The summed E-state index contributed by atoms with van der Waals surface area (Å²) in [7, 11) is 0. The van der Waals surface area contributed by atoms with E-state index in [0.717, 1.165) is 36.2 Å². The second-order valence-corrected chi connectivity index (χ2v) is 5.83. The summed E-state index contributed by atoms with van der Waals surface area (Å²) in [6, 6.07) is 8.10. The first-order valence-electron chi connectivity index (χ1n) is 6.41. The molecule has 98 valence electrons. The van der Waals surface area contributed by atoms with Gasteiger partial charge in [-0.1, -0.05) is 26.0 Å². The van der Waals surface area contributed by atoms with Crippen molar-refractivity contribution in [3.05, 3.63) is 29.3 Å². The van der Waals surface area contributed by atoms with Crippen molar-refractivity contribution in [3.63, 3.8) is 0 Å². The van der Waals surface area contributed by atoms with Crippen LogP contribution in [0.15, 0.2) is 18.2 Å². The highest BCUT2D eigenvalue weighted by atomic mass is 32.2. The van der Waals surface area contributed by atoms with E-state index < -0.39 is 0 Å². The molecule has 3 heteroatoms. The van der Waals surface area contributed by atoms with E-state index in [-0.39, 0.29) is 4.75 Å². The van der Waals surface area contributed by atoms with Gasteiger partial charge in [0, 0.05) is 11.3 Å². The average molecular weight is 262 g/mol. The van der Waals surface area contributed by atoms with Gasteiger partial charge in [0.15, 0.2) is 0 Å². The van der Waals surface area contributed by atoms with E-state index in [1.54, 1.807) is 0 Å². The van der Waals surface area contributed by atoms with Gasteiger partial charge in [-0.2, -0.15) is 17.0 Å². The van der Waals surface area contributed by atoms with E-state index in [9.17, 15) is 0 Å². The molecule has 1 rings (SSSR count). The van der Waals surface area contributed by atoms with Gasteiger partial charge in [0.2, 0.25) is 0 Å². The number of nitrogens with zero attached hydrogens (tertiary/aromatic N) is 1. The van der Waals surface area contributed by atoms with Crippen LogP contribution in [0.5, 0.6) is 0 Å². The molecule has 0 fully saturated rings. The smallest absolute Gasteiger partial charge is 0.101 e. The lowest BCUT2D eigenvalue weighted by Gasteiger charge is -2.30. The summed E-state index contributed by atoms with van der Waals surface area (Å²) >= 11 is 1.91. The number of hydrogen-bond donors (Lipinski definition) is 1. The molecule has 18 heavy (non-hydrogen) atoms. The lowest BCUT2D eigenvalue weighted by atomic mass is 10.0. The van der Waals surface area contributed by atoms with Crippen LogP contribution in [0.2, 0.25) is 0 Å². The molecule has 0 heterocycles. The predicted molar refractivity (Wildman–Crippen MR) is 81.2 cm³/mol. The van der Waals surface area contributed by atoms with Crippen molar-refractivity contribution in [1.29, 1.82) is 5.26 Å². The fourth-order valence-corrected chi connectivity index (χ4v) is 2.90. The highest BCUT2D eigenvalue weighted by Gasteiger charge is 2.24. The SMILES string of the molecule is CCC(CC)(CNc1c(C)cccc1C#N)SC. The molecular formula is C15H22N2S. The molecule has 1 aromatic rings. The number of nitrogens with one attached hydrogen (secondary N) is 1. The summed E-state index contributed by atoms with van der Waals surface area (Å²) in [4.78, 5) is 0. The Kier molecular flexibility index (Phi) is 5.55. The number of hydrogen-bond acceptors (Lipinski definition) is 3. The maximum atomic E-state index is 9.15. The fourth-order valence-electron chi connectivity index (χ4n) is 2.11. The normalized spacial score (nSPS) is 11.1. The van der Waals surface area contributed by atoms with E-state index in [0.29, 0.717) is 0 Å². The van der Waals surface area contributed by atoms with Gasteiger partial charge < -0.3 is 5.32 Å². The number of anilines is 1. The first-order valence-corrected chi connectivity index (χ1v) is 7.63. The number of rotatable bonds is 6. The first-order chi connectivity index (χ1) is 8.62. The molecular weight excluding hydrogens is 240 g/mol.